The van der Waals surface area contributed by atoms with E-state index < -0.39 is 0 Å². The van der Waals surface area contributed by atoms with Gasteiger partial charge in [0.1, 0.15) is 11.2 Å². The molecule has 0 radical (unpaired) electrons. The summed E-state index contributed by atoms with van der Waals surface area (Å²) in [5, 5.41) is 7.24. The van der Waals surface area contributed by atoms with Gasteiger partial charge < -0.3 is 9.32 Å². The quantitative estimate of drug-likeness (QED) is 0.176. The van der Waals surface area contributed by atoms with Crippen LogP contribution in [0.15, 0.2) is 205 Å². The van der Waals surface area contributed by atoms with Crippen molar-refractivity contribution in [1.82, 2.24) is 0 Å². The van der Waals surface area contributed by atoms with Gasteiger partial charge >= 0.3 is 0 Å². The molecule has 1 heterocycles. The van der Waals surface area contributed by atoms with Gasteiger partial charge in [-0.25, -0.2) is 0 Å². The lowest BCUT2D eigenvalue weighted by Crippen LogP contribution is -2.11. The van der Waals surface area contributed by atoms with Crippen molar-refractivity contribution in [1.29, 1.82) is 0 Å². The molecule has 0 amide bonds. The molecule has 0 saturated heterocycles. The summed E-state index contributed by atoms with van der Waals surface area (Å²) in [6.07, 6.45) is 0. The van der Waals surface area contributed by atoms with Gasteiger partial charge in [0, 0.05) is 27.7 Å². The van der Waals surface area contributed by atoms with Crippen molar-refractivity contribution in [2.45, 2.75) is 0 Å². The summed E-state index contributed by atoms with van der Waals surface area (Å²) >= 11 is 0. The molecule has 0 aliphatic heterocycles. The maximum Gasteiger partial charge on any atom is 0.136 e. The van der Waals surface area contributed by atoms with Gasteiger partial charge in [0.15, 0.2) is 0 Å². The van der Waals surface area contributed by atoms with Gasteiger partial charge in [-0.3, -0.25) is 0 Å². The van der Waals surface area contributed by atoms with Crippen LogP contribution < -0.4 is 4.90 Å². The van der Waals surface area contributed by atoms with Crippen molar-refractivity contribution >= 4 is 60.5 Å². The number of hydrogen-bond acceptors (Lipinski definition) is 2. The minimum atomic E-state index is 0.895. The van der Waals surface area contributed by atoms with Gasteiger partial charge in [-0.1, -0.05) is 140 Å². The third-order valence-corrected chi connectivity index (χ3v) is 10.2. The van der Waals surface area contributed by atoms with E-state index in [0.29, 0.717) is 0 Å². The number of fused-ring (bicyclic) bond motifs is 6. The molecule has 10 rings (SSSR count). The smallest absolute Gasteiger partial charge is 0.136 e. The molecule has 0 saturated carbocycles. The van der Waals surface area contributed by atoms with Crippen LogP contribution in [-0.2, 0) is 0 Å². The first kappa shape index (κ1) is 30.0. The Kier molecular flexibility index (Phi) is 7.18. The highest BCUT2D eigenvalue weighted by Crippen LogP contribution is 2.44. The number of para-hydroxylation sites is 1. The van der Waals surface area contributed by atoms with Crippen molar-refractivity contribution < 1.29 is 4.42 Å². The normalized spacial score (nSPS) is 11.5. The van der Waals surface area contributed by atoms with Crippen molar-refractivity contribution in [3.05, 3.63) is 200 Å². The molecule has 0 unspecified atom stereocenters. The molecule has 10 aromatic rings. The van der Waals surface area contributed by atoms with Crippen molar-refractivity contribution in [3.63, 3.8) is 0 Å². The summed E-state index contributed by atoms with van der Waals surface area (Å²) < 4.78 is 6.47. The van der Waals surface area contributed by atoms with Crippen molar-refractivity contribution in [2.75, 3.05) is 4.90 Å². The van der Waals surface area contributed by atoms with E-state index in [-0.39, 0.29) is 0 Å². The van der Waals surface area contributed by atoms with Gasteiger partial charge in [-0.2, -0.15) is 0 Å². The summed E-state index contributed by atoms with van der Waals surface area (Å²) in [7, 11) is 0. The Hall–Kier alpha value is -6.90. The summed E-state index contributed by atoms with van der Waals surface area (Å²) in [5.74, 6) is 0. The Morgan fingerprint density at radius 3 is 1.75 bits per heavy atom. The molecule has 0 aliphatic carbocycles. The Bertz CT molecular complexity index is 2890. The largest absolute Gasteiger partial charge is 0.456 e. The van der Waals surface area contributed by atoms with Gasteiger partial charge in [-0.15, -0.1) is 0 Å². The predicted molar refractivity (Wildman–Crippen MR) is 220 cm³/mol. The maximum absolute atomic E-state index is 6.47. The molecule has 0 spiro atoms. The Morgan fingerprint density at radius 1 is 0.327 bits per heavy atom. The van der Waals surface area contributed by atoms with Crippen LogP contribution >= 0.6 is 0 Å². The highest BCUT2D eigenvalue weighted by molar-refractivity contribution is 6.19. The van der Waals surface area contributed by atoms with Crippen molar-refractivity contribution in [2.24, 2.45) is 0 Å². The monoisotopic (exact) mass is 663 g/mol. The molecule has 0 fully saturated rings. The first-order valence-corrected chi connectivity index (χ1v) is 17.8. The second kappa shape index (κ2) is 12.5. The van der Waals surface area contributed by atoms with E-state index in [9.17, 15) is 0 Å². The lowest BCUT2D eigenvalue weighted by molar-refractivity contribution is 0.669. The number of benzene rings is 9. The van der Waals surface area contributed by atoms with Crippen LogP contribution in [0.1, 0.15) is 0 Å². The number of furan rings is 1. The van der Waals surface area contributed by atoms with E-state index in [1.807, 2.05) is 0 Å². The van der Waals surface area contributed by atoms with E-state index in [0.717, 1.165) is 55.9 Å². The van der Waals surface area contributed by atoms with Gasteiger partial charge in [0.05, 0.1) is 5.69 Å². The van der Waals surface area contributed by atoms with E-state index >= 15 is 0 Å². The predicted octanol–water partition coefficient (Wildman–Crippen LogP) is 14.4. The van der Waals surface area contributed by atoms with Crippen LogP contribution in [0, 0.1) is 0 Å². The zero-order valence-electron chi connectivity index (χ0n) is 28.4. The molecule has 0 atom stereocenters. The summed E-state index contributed by atoms with van der Waals surface area (Å²) in [6.45, 7) is 0. The van der Waals surface area contributed by atoms with Crippen LogP contribution in [0.25, 0.3) is 76.9 Å². The number of hydrogen-bond donors (Lipinski definition) is 0. The second-order valence-electron chi connectivity index (χ2n) is 13.4. The standard InChI is InChI=1S/C50H33NO/c1-3-12-36(13-4-1)46-32-40(41-23-28-45-49(33-41)52-48-30-25-37-14-9-10-18-44(37)50(45)48)24-29-47(46)51(42-16-5-2-6-17-42)43-26-21-35(22-27-43)39-20-19-34-11-7-8-15-38(34)31-39/h1-33H. The number of rotatable bonds is 6. The average molecular weight is 664 g/mol. The molecule has 0 aliphatic rings. The maximum atomic E-state index is 6.47. The van der Waals surface area contributed by atoms with Gasteiger partial charge in [0.2, 0.25) is 0 Å². The number of anilines is 3. The van der Waals surface area contributed by atoms with Crippen LogP contribution in [-0.4, -0.2) is 0 Å². The second-order valence-corrected chi connectivity index (χ2v) is 13.4. The fourth-order valence-electron chi connectivity index (χ4n) is 7.66. The molecule has 244 valence electrons. The Labute approximate surface area is 302 Å². The highest BCUT2D eigenvalue weighted by Gasteiger charge is 2.19. The zero-order valence-corrected chi connectivity index (χ0v) is 28.4. The van der Waals surface area contributed by atoms with Gasteiger partial charge in [0.25, 0.3) is 0 Å². The lowest BCUT2D eigenvalue weighted by Gasteiger charge is -2.28. The molecular weight excluding hydrogens is 631 g/mol. The molecular formula is C50H33NO. The molecule has 52 heavy (non-hydrogen) atoms. The fourth-order valence-corrected chi connectivity index (χ4v) is 7.66. The molecule has 0 N–H and O–H groups in total. The molecule has 2 heteroatoms. The average Bonchev–Trinajstić information content (AvgIpc) is 3.60. The Balaban J connectivity index is 1.10. The summed E-state index contributed by atoms with van der Waals surface area (Å²) in [4.78, 5) is 2.36. The highest BCUT2D eigenvalue weighted by atomic mass is 16.3. The first-order valence-electron chi connectivity index (χ1n) is 17.8. The lowest BCUT2D eigenvalue weighted by atomic mass is 9.95. The first-order chi connectivity index (χ1) is 25.8. The SMILES string of the molecule is c1ccc(-c2cc(-c3ccc4c(c3)oc3ccc5ccccc5c34)ccc2N(c2ccccc2)c2ccc(-c3ccc4ccccc4c3)cc2)cc1. The van der Waals surface area contributed by atoms with Crippen LogP contribution in [0.4, 0.5) is 17.1 Å². The topological polar surface area (TPSA) is 16.4 Å². The minimum absolute atomic E-state index is 0.895. The molecule has 0 bridgehead atoms. The van der Waals surface area contributed by atoms with E-state index in [1.165, 1.54) is 38.1 Å². The zero-order chi connectivity index (χ0) is 34.4. The van der Waals surface area contributed by atoms with Crippen LogP contribution in [0.3, 0.4) is 0 Å². The van der Waals surface area contributed by atoms with Crippen LogP contribution in [0.2, 0.25) is 0 Å². The van der Waals surface area contributed by atoms with Gasteiger partial charge in [-0.05, 0) is 110 Å². The van der Waals surface area contributed by atoms with E-state index in [4.69, 9.17) is 4.42 Å². The number of nitrogens with zero attached hydrogens (tertiary/aromatic N) is 1. The van der Waals surface area contributed by atoms with Crippen molar-refractivity contribution in [3.8, 4) is 33.4 Å². The van der Waals surface area contributed by atoms with Crippen LogP contribution in [0.5, 0.6) is 0 Å². The minimum Gasteiger partial charge on any atom is -0.456 e. The summed E-state index contributed by atoms with van der Waals surface area (Å²) in [5.41, 5.74) is 12.1. The third kappa shape index (κ3) is 5.21. The van der Waals surface area contributed by atoms with E-state index in [1.54, 1.807) is 0 Å². The van der Waals surface area contributed by atoms with E-state index in [2.05, 4.69) is 205 Å². The molecule has 2 nitrogen and oxygen atoms in total. The third-order valence-electron chi connectivity index (χ3n) is 10.2. The Morgan fingerprint density at radius 2 is 0.923 bits per heavy atom. The molecule has 1 aromatic heterocycles. The summed E-state index contributed by atoms with van der Waals surface area (Å²) in [6, 6.07) is 71.7. The fraction of sp³-hybridized carbons (Fsp3) is 0. The molecule has 9 aromatic carbocycles.